The molecule has 1 aliphatic carbocycles. The molecule has 3 aromatic heterocycles. The maximum Gasteiger partial charge on any atom is 0.333 e. The first-order valence-electron chi connectivity index (χ1n) is 14.1. The van der Waals surface area contributed by atoms with Crippen LogP contribution in [0.3, 0.4) is 0 Å². The Balaban J connectivity index is 1.19. The molecule has 1 saturated heterocycles. The van der Waals surface area contributed by atoms with Crippen molar-refractivity contribution >= 4 is 40.4 Å². The first-order chi connectivity index (χ1) is 20.7. The van der Waals surface area contributed by atoms with Crippen molar-refractivity contribution in [2.75, 3.05) is 25.0 Å². The third-order valence-electron chi connectivity index (χ3n) is 8.28. The van der Waals surface area contributed by atoms with E-state index < -0.39 is 18.0 Å². The van der Waals surface area contributed by atoms with Crippen molar-refractivity contribution in [3.63, 3.8) is 0 Å². The van der Waals surface area contributed by atoms with E-state index in [2.05, 4.69) is 15.3 Å². The van der Waals surface area contributed by atoms with E-state index in [9.17, 15) is 23.2 Å². The number of hydrogen-bond acceptors (Lipinski definition) is 5. The van der Waals surface area contributed by atoms with Crippen molar-refractivity contribution in [3.8, 4) is 5.69 Å². The molecule has 1 N–H and O–H groups in total. The number of anilines is 1. The second-order valence-electron chi connectivity index (χ2n) is 11.0. The Kier molecular flexibility index (Phi) is 7.87. The molecule has 224 valence electrons. The summed E-state index contributed by atoms with van der Waals surface area (Å²) in [4.78, 5) is 50.5. The number of halogens is 3. The molecule has 4 aromatic rings. The maximum atomic E-state index is 13.9. The van der Waals surface area contributed by atoms with E-state index >= 15 is 0 Å². The van der Waals surface area contributed by atoms with Gasteiger partial charge in [0.1, 0.15) is 11.5 Å². The van der Waals surface area contributed by atoms with Crippen LogP contribution in [0.25, 0.3) is 16.7 Å². The molecule has 2 fully saturated rings. The van der Waals surface area contributed by atoms with Gasteiger partial charge in [-0.05, 0) is 55.9 Å². The number of urea groups is 1. The van der Waals surface area contributed by atoms with Gasteiger partial charge in [0, 0.05) is 51.2 Å². The van der Waals surface area contributed by atoms with Gasteiger partial charge in [-0.3, -0.25) is 23.8 Å². The molecule has 0 bridgehead atoms. The van der Waals surface area contributed by atoms with E-state index in [0.717, 1.165) is 30.1 Å². The normalized spacial score (nSPS) is 19.0. The van der Waals surface area contributed by atoms with Crippen molar-refractivity contribution in [1.82, 2.24) is 29.3 Å². The van der Waals surface area contributed by atoms with Crippen LogP contribution in [-0.4, -0.2) is 62.1 Å². The molecule has 2 aliphatic rings. The number of carbonyl (C=O) groups excluding carboxylic acids is 2. The highest BCUT2D eigenvalue weighted by Gasteiger charge is 2.29. The van der Waals surface area contributed by atoms with Gasteiger partial charge in [-0.1, -0.05) is 23.7 Å². The molecule has 0 radical (unpaired) electrons. The van der Waals surface area contributed by atoms with Gasteiger partial charge in [0.2, 0.25) is 0 Å². The summed E-state index contributed by atoms with van der Waals surface area (Å²) in [7, 11) is 1.74. The van der Waals surface area contributed by atoms with Crippen LogP contribution in [0.4, 0.5) is 19.4 Å². The summed E-state index contributed by atoms with van der Waals surface area (Å²) in [6.45, 7) is 1.62. The highest BCUT2D eigenvalue weighted by molar-refractivity contribution is 6.30. The molecule has 6 rings (SSSR count). The molecule has 10 nitrogen and oxygen atoms in total. The van der Waals surface area contributed by atoms with Crippen molar-refractivity contribution in [2.45, 2.75) is 44.7 Å². The van der Waals surface area contributed by atoms with Gasteiger partial charge in [-0.2, -0.15) is 0 Å². The lowest BCUT2D eigenvalue weighted by atomic mass is 9.85. The molecule has 4 heterocycles. The van der Waals surface area contributed by atoms with Gasteiger partial charge >= 0.3 is 11.7 Å². The highest BCUT2D eigenvalue weighted by atomic mass is 35.5. The average molecular weight is 610 g/mol. The average Bonchev–Trinajstić information content (AvgIpc) is 3.48. The smallest absolute Gasteiger partial charge is 0.333 e. The maximum absolute atomic E-state index is 13.9. The Hall–Kier alpha value is -4.32. The van der Waals surface area contributed by atoms with Gasteiger partial charge in [0.15, 0.2) is 0 Å². The molecule has 0 atom stereocenters. The number of likely N-dealkylation sites (N-methyl/N-ethyl adjacent to an activating group) is 1. The quantitative estimate of drug-likeness (QED) is 0.316. The Bertz CT molecular complexity index is 1750. The fourth-order valence-corrected chi connectivity index (χ4v) is 6.16. The zero-order valence-electron chi connectivity index (χ0n) is 23.4. The zero-order valence-corrected chi connectivity index (χ0v) is 24.2. The van der Waals surface area contributed by atoms with Gasteiger partial charge in [0.05, 0.1) is 27.3 Å². The number of fused-ring (bicyclic) bond motifs is 1. The lowest BCUT2D eigenvalue weighted by Crippen LogP contribution is -2.39. The zero-order chi connectivity index (χ0) is 30.2. The summed E-state index contributed by atoms with van der Waals surface area (Å²) >= 11 is 5.91. The standard InChI is InChI=1S/C30H30ClF2N7O3/c1-37-12-13-38(29(37)42)25-15-21(10-11-34-25)40-24-5-3-2-4-23(24)39(30(40)43)17-18-6-8-20(9-7-18)36-28(41)22-14-19(31)16-35-26(22)27(32)33/h2-5,10-11,14-16,18,20,27H,6-9,12-13,17H2,1H3,(H,36,41). The Morgan fingerprint density at radius 1 is 1.05 bits per heavy atom. The molecular weight excluding hydrogens is 580 g/mol. The Morgan fingerprint density at radius 2 is 1.79 bits per heavy atom. The molecule has 43 heavy (non-hydrogen) atoms. The van der Waals surface area contributed by atoms with Crippen LogP contribution in [-0.2, 0) is 6.54 Å². The topological polar surface area (TPSA) is 105 Å². The van der Waals surface area contributed by atoms with Crippen molar-refractivity contribution in [3.05, 3.63) is 81.6 Å². The predicted molar refractivity (Wildman–Crippen MR) is 158 cm³/mol. The van der Waals surface area contributed by atoms with Gasteiger partial charge in [0.25, 0.3) is 12.3 Å². The molecule has 0 spiro atoms. The van der Waals surface area contributed by atoms with E-state index in [1.807, 2.05) is 24.3 Å². The number of para-hydroxylation sites is 2. The summed E-state index contributed by atoms with van der Waals surface area (Å²) in [5.74, 6) is 0.0533. The summed E-state index contributed by atoms with van der Waals surface area (Å²) < 4.78 is 30.2. The summed E-state index contributed by atoms with van der Waals surface area (Å²) in [5.41, 5.74) is 1.17. The van der Waals surface area contributed by atoms with E-state index in [1.165, 1.54) is 6.07 Å². The summed E-state index contributed by atoms with van der Waals surface area (Å²) in [6, 6.07) is 12.0. The van der Waals surface area contributed by atoms with Crippen molar-refractivity contribution in [1.29, 1.82) is 0 Å². The number of rotatable bonds is 7. The van der Waals surface area contributed by atoms with Gasteiger partial charge in [-0.25, -0.2) is 23.4 Å². The number of alkyl halides is 2. The molecule has 0 unspecified atom stereocenters. The van der Waals surface area contributed by atoms with E-state index in [0.29, 0.717) is 44.0 Å². The third-order valence-corrected chi connectivity index (χ3v) is 8.48. The van der Waals surface area contributed by atoms with Crippen molar-refractivity contribution in [2.24, 2.45) is 5.92 Å². The number of amides is 3. The number of nitrogens with zero attached hydrogens (tertiary/aromatic N) is 6. The van der Waals surface area contributed by atoms with E-state index in [-0.39, 0.29) is 34.3 Å². The second-order valence-corrected chi connectivity index (χ2v) is 11.5. The minimum Gasteiger partial charge on any atom is -0.349 e. The molecule has 13 heteroatoms. The Labute approximate surface area is 250 Å². The minimum absolute atomic E-state index is 0.114. The summed E-state index contributed by atoms with van der Waals surface area (Å²) in [6.07, 6.45) is 2.60. The van der Waals surface area contributed by atoms with Crippen LogP contribution >= 0.6 is 11.6 Å². The molecular formula is C30H30ClF2N7O3. The molecule has 1 aromatic carbocycles. The number of pyridine rings is 2. The SMILES string of the molecule is CN1CCN(c2cc(-n3c(=O)n(CC4CCC(NC(=O)c5cc(Cl)cnc5C(F)F)CC4)c4ccccc43)ccn2)C1=O. The number of imidazole rings is 1. The van der Waals surface area contributed by atoms with E-state index in [1.54, 1.807) is 44.3 Å². The first kappa shape index (κ1) is 28.8. The predicted octanol–water partition coefficient (Wildman–Crippen LogP) is 5.03. The lowest BCUT2D eigenvalue weighted by Gasteiger charge is -2.29. The first-order valence-corrected chi connectivity index (χ1v) is 14.5. The van der Waals surface area contributed by atoms with Crippen LogP contribution in [0.15, 0.2) is 59.7 Å². The fourth-order valence-electron chi connectivity index (χ4n) is 6.00. The highest BCUT2D eigenvalue weighted by Crippen LogP contribution is 2.29. The van der Waals surface area contributed by atoms with Crippen LogP contribution in [0, 0.1) is 5.92 Å². The lowest BCUT2D eigenvalue weighted by molar-refractivity contribution is 0.0904. The van der Waals surface area contributed by atoms with Gasteiger partial charge in [-0.15, -0.1) is 0 Å². The third kappa shape index (κ3) is 5.58. The second kappa shape index (κ2) is 11.8. The number of benzene rings is 1. The molecule has 1 aliphatic heterocycles. The van der Waals surface area contributed by atoms with Crippen LogP contribution in [0.2, 0.25) is 5.02 Å². The molecule has 1 saturated carbocycles. The number of nitrogens with one attached hydrogen (secondary N) is 1. The number of hydrogen-bond donors (Lipinski definition) is 1. The van der Waals surface area contributed by atoms with Crippen LogP contribution in [0.1, 0.15) is 48.2 Å². The van der Waals surface area contributed by atoms with Crippen LogP contribution < -0.4 is 15.9 Å². The number of aromatic nitrogens is 4. The Morgan fingerprint density at radius 3 is 2.49 bits per heavy atom. The van der Waals surface area contributed by atoms with Crippen molar-refractivity contribution < 1.29 is 18.4 Å². The fraction of sp³-hybridized carbons (Fsp3) is 0.367. The van der Waals surface area contributed by atoms with E-state index in [4.69, 9.17) is 11.6 Å². The molecule has 3 amide bonds. The largest absolute Gasteiger partial charge is 0.349 e. The van der Waals surface area contributed by atoms with Gasteiger partial charge < -0.3 is 10.2 Å². The minimum atomic E-state index is -2.89. The number of carbonyl (C=O) groups is 2. The summed E-state index contributed by atoms with van der Waals surface area (Å²) in [5, 5.41) is 2.98. The van der Waals surface area contributed by atoms with Crippen LogP contribution in [0.5, 0.6) is 0 Å². The monoisotopic (exact) mass is 609 g/mol.